The summed E-state index contributed by atoms with van der Waals surface area (Å²) in [6.07, 6.45) is 5.65. The van der Waals surface area contributed by atoms with E-state index >= 15 is 0 Å². The standard InChI is InChI=1S/C17H13N3OS2/c21-16(19-11-12-5-4-10-22-12)15-14(20-8-1-2-9-20)13-6-3-7-18-17(13)23-15/h1-10H,11H2,(H,19,21). The molecule has 23 heavy (non-hydrogen) atoms. The lowest BCUT2D eigenvalue weighted by atomic mass is 10.2. The molecular weight excluding hydrogens is 326 g/mol. The molecule has 6 heteroatoms. The predicted octanol–water partition coefficient (Wildman–Crippen LogP) is 4.08. The van der Waals surface area contributed by atoms with Crippen LogP contribution >= 0.6 is 22.7 Å². The molecule has 1 amide bonds. The first kappa shape index (κ1) is 14.2. The molecule has 4 rings (SSSR count). The van der Waals surface area contributed by atoms with Crippen molar-refractivity contribution >= 4 is 38.8 Å². The molecule has 0 aromatic carbocycles. The van der Waals surface area contributed by atoms with E-state index in [0.717, 1.165) is 20.8 Å². The third kappa shape index (κ3) is 2.67. The average molecular weight is 339 g/mol. The van der Waals surface area contributed by atoms with Crippen molar-refractivity contribution in [3.8, 4) is 5.69 Å². The van der Waals surface area contributed by atoms with Crippen LogP contribution in [0, 0.1) is 0 Å². The van der Waals surface area contributed by atoms with Crippen molar-refractivity contribution in [3.05, 3.63) is 70.1 Å². The van der Waals surface area contributed by atoms with Crippen molar-refractivity contribution in [1.82, 2.24) is 14.9 Å². The number of carbonyl (C=O) groups is 1. The van der Waals surface area contributed by atoms with Gasteiger partial charge in [-0.25, -0.2) is 4.98 Å². The molecule has 0 radical (unpaired) electrons. The van der Waals surface area contributed by atoms with Gasteiger partial charge in [0.05, 0.1) is 12.2 Å². The highest BCUT2D eigenvalue weighted by Gasteiger charge is 2.20. The molecular formula is C17H13N3OS2. The van der Waals surface area contributed by atoms with Crippen LogP contribution in [0.15, 0.2) is 60.4 Å². The van der Waals surface area contributed by atoms with Crippen LogP contribution in [0.2, 0.25) is 0 Å². The van der Waals surface area contributed by atoms with Crippen molar-refractivity contribution in [2.45, 2.75) is 6.54 Å². The fourth-order valence-corrected chi connectivity index (χ4v) is 4.18. The van der Waals surface area contributed by atoms with Gasteiger partial charge in [0.15, 0.2) is 0 Å². The second-order valence-corrected chi connectivity index (χ2v) is 7.02. The first-order valence-corrected chi connectivity index (χ1v) is 8.84. The second kappa shape index (κ2) is 5.98. The zero-order valence-corrected chi connectivity index (χ0v) is 13.7. The molecule has 114 valence electrons. The Hall–Kier alpha value is -2.44. The number of amides is 1. The molecule has 0 atom stereocenters. The van der Waals surface area contributed by atoms with Crippen LogP contribution in [-0.2, 0) is 6.54 Å². The van der Waals surface area contributed by atoms with E-state index in [1.165, 1.54) is 11.3 Å². The van der Waals surface area contributed by atoms with E-state index in [2.05, 4.69) is 10.3 Å². The highest BCUT2D eigenvalue weighted by molar-refractivity contribution is 7.21. The average Bonchev–Trinajstić information content (AvgIpc) is 3.30. The zero-order valence-electron chi connectivity index (χ0n) is 12.1. The van der Waals surface area contributed by atoms with Crippen molar-refractivity contribution in [3.63, 3.8) is 0 Å². The first-order chi connectivity index (χ1) is 11.3. The van der Waals surface area contributed by atoms with Gasteiger partial charge in [-0.3, -0.25) is 4.79 Å². The topological polar surface area (TPSA) is 46.9 Å². The number of nitrogens with zero attached hydrogens (tertiary/aromatic N) is 2. The normalized spacial score (nSPS) is 11.0. The van der Waals surface area contributed by atoms with E-state index in [0.29, 0.717) is 11.4 Å². The minimum absolute atomic E-state index is 0.0647. The number of rotatable bonds is 4. The summed E-state index contributed by atoms with van der Waals surface area (Å²) in [5.74, 6) is -0.0647. The van der Waals surface area contributed by atoms with Gasteiger partial charge in [0.25, 0.3) is 5.91 Å². The van der Waals surface area contributed by atoms with Crippen molar-refractivity contribution in [2.24, 2.45) is 0 Å². The molecule has 0 saturated heterocycles. The number of hydrogen-bond acceptors (Lipinski definition) is 4. The van der Waals surface area contributed by atoms with E-state index < -0.39 is 0 Å². The number of carbonyl (C=O) groups excluding carboxylic acids is 1. The summed E-state index contributed by atoms with van der Waals surface area (Å²) in [5.41, 5.74) is 0.895. The molecule has 0 unspecified atom stereocenters. The molecule has 1 N–H and O–H groups in total. The smallest absolute Gasteiger partial charge is 0.263 e. The Morgan fingerprint density at radius 3 is 2.83 bits per heavy atom. The number of aromatic nitrogens is 2. The summed E-state index contributed by atoms with van der Waals surface area (Å²) in [7, 11) is 0. The third-order valence-corrected chi connectivity index (χ3v) is 5.49. The van der Waals surface area contributed by atoms with Gasteiger partial charge in [-0.1, -0.05) is 6.07 Å². The molecule has 4 aromatic rings. The maximum Gasteiger partial charge on any atom is 0.263 e. The quantitative estimate of drug-likeness (QED) is 0.609. The molecule has 4 heterocycles. The molecule has 0 aliphatic heterocycles. The summed E-state index contributed by atoms with van der Waals surface area (Å²) in [4.78, 5) is 19.8. The number of hydrogen-bond donors (Lipinski definition) is 1. The van der Waals surface area contributed by atoms with Gasteiger partial charge < -0.3 is 9.88 Å². The van der Waals surface area contributed by atoms with Gasteiger partial charge in [-0.2, -0.15) is 0 Å². The van der Waals surface area contributed by atoms with Crippen LogP contribution in [0.3, 0.4) is 0 Å². The predicted molar refractivity (Wildman–Crippen MR) is 94.4 cm³/mol. The number of fused-ring (bicyclic) bond motifs is 1. The molecule has 0 saturated carbocycles. The summed E-state index contributed by atoms with van der Waals surface area (Å²) in [6.45, 7) is 0.545. The van der Waals surface area contributed by atoms with Gasteiger partial charge in [0.2, 0.25) is 0 Å². The van der Waals surface area contributed by atoms with E-state index in [4.69, 9.17) is 0 Å². The summed E-state index contributed by atoms with van der Waals surface area (Å²) in [6, 6.07) is 11.8. The molecule has 4 aromatic heterocycles. The number of thiophene rings is 2. The second-order valence-electron chi connectivity index (χ2n) is 4.99. The number of pyridine rings is 1. The highest BCUT2D eigenvalue weighted by Crippen LogP contribution is 2.33. The molecule has 0 aliphatic carbocycles. The maximum absolute atomic E-state index is 12.7. The monoisotopic (exact) mass is 339 g/mol. The number of nitrogens with one attached hydrogen (secondary N) is 1. The Morgan fingerprint density at radius 1 is 1.17 bits per heavy atom. The lowest BCUT2D eigenvalue weighted by Gasteiger charge is -2.07. The van der Waals surface area contributed by atoms with Crippen LogP contribution in [0.25, 0.3) is 15.9 Å². The summed E-state index contributed by atoms with van der Waals surface area (Å²) < 4.78 is 1.97. The third-order valence-electron chi connectivity index (χ3n) is 3.51. The van der Waals surface area contributed by atoms with Gasteiger partial charge in [0.1, 0.15) is 9.71 Å². The minimum atomic E-state index is -0.0647. The Morgan fingerprint density at radius 2 is 2.04 bits per heavy atom. The van der Waals surface area contributed by atoms with Gasteiger partial charge in [0, 0.05) is 28.9 Å². The van der Waals surface area contributed by atoms with Gasteiger partial charge >= 0.3 is 0 Å². The SMILES string of the molecule is O=C(NCc1cccs1)c1sc2ncccc2c1-n1cccc1. The van der Waals surface area contributed by atoms with Gasteiger partial charge in [-0.05, 0) is 35.7 Å². The summed E-state index contributed by atoms with van der Waals surface area (Å²) in [5, 5.41) is 6.01. The van der Waals surface area contributed by atoms with Crippen LogP contribution in [0.4, 0.5) is 0 Å². The molecule has 4 nitrogen and oxygen atoms in total. The lowest BCUT2D eigenvalue weighted by Crippen LogP contribution is -2.22. The molecule has 0 spiro atoms. The highest BCUT2D eigenvalue weighted by atomic mass is 32.1. The van der Waals surface area contributed by atoms with Crippen molar-refractivity contribution in [1.29, 1.82) is 0 Å². The summed E-state index contributed by atoms with van der Waals surface area (Å²) >= 11 is 3.07. The van der Waals surface area contributed by atoms with Crippen LogP contribution in [-0.4, -0.2) is 15.5 Å². The lowest BCUT2D eigenvalue weighted by molar-refractivity contribution is 0.0955. The van der Waals surface area contributed by atoms with Gasteiger partial charge in [-0.15, -0.1) is 22.7 Å². The zero-order chi connectivity index (χ0) is 15.6. The van der Waals surface area contributed by atoms with E-state index in [1.54, 1.807) is 17.5 Å². The Labute approximate surface area is 141 Å². The van der Waals surface area contributed by atoms with Crippen LogP contribution in [0.5, 0.6) is 0 Å². The molecule has 0 aliphatic rings. The van der Waals surface area contributed by atoms with Crippen LogP contribution < -0.4 is 5.32 Å². The van der Waals surface area contributed by atoms with Crippen molar-refractivity contribution in [2.75, 3.05) is 0 Å². The van der Waals surface area contributed by atoms with Crippen LogP contribution in [0.1, 0.15) is 14.5 Å². The fourth-order valence-electron chi connectivity index (χ4n) is 2.47. The Bertz CT molecular complexity index is 940. The van der Waals surface area contributed by atoms with E-state index in [1.807, 2.05) is 58.7 Å². The minimum Gasteiger partial charge on any atom is -0.346 e. The molecule has 0 fully saturated rings. The molecule has 0 bridgehead atoms. The Kier molecular flexibility index (Phi) is 3.69. The maximum atomic E-state index is 12.7. The van der Waals surface area contributed by atoms with E-state index in [9.17, 15) is 4.79 Å². The largest absolute Gasteiger partial charge is 0.346 e. The Balaban J connectivity index is 1.74. The fraction of sp³-hybridized carbons (Fsp3) is 0.0588. The first-order valence-electron chi connectivity index (χ1n) is 7.14. The van der Waals surface area contributed by atoms with Crippen molar-refractivity contribution < 1.29 is 4.79 Å². The van der Waals surface area contributed by atoms with E-state index in [-0.39, 0.29) is 5.91 Å².